The number of ether oxygens (including phenoxy) is 2. The van der Waals surface area contributed by atoms with Crippen LogP contribution >= 0.6 is 31.9 Å². The largest absolute Gasteiger partial charge is 0.479 e. The fourth-order valence-corrected chi connectivity index (χ4v) is 5.49. The lowest BCUT2D eigenvalue weighted by Gasteiger charge is -2.29. The van der Waals surface area contributed by atoms with Crippen LogP contribution in [0.15, 0.2) is 62.2 Å². The van der Waals surface area contributed by atoms with Crippen LogP contribution in [0.2, 0.25) is 0 Å². The molecule has 1 aliphatic heterocycles. The number of esters is 1. The number of methoxy groups -OCH3 is 1. The molecule has 7 heteroatoms. The lowest BCUT2D eigenvalue weighted by atomic mass is 9.80. The van der Waals surface area contributed by atoms with Crippen LogP contribution in [0, 0.1) is 12.3 Å². The standard InChI is InChI=1S/C24H17Br2NO4/c1-4-9-31-23-16(25)10-13(11-17(23)26)19-18(24(29)30-3)12(2)27-21-14-7-5-6-8-15(14)22(28)20(19)21/h1,5-8,10-11,19,27H,9H2,2-3H3/t19-/m1/s1. The minimum Gasteiger partial charge on any atom is -0.479 e. The van der Waals surface area contributed by atoms with Crippen LogP contribution in [0.4, 0.5) is 0 Å². The van der Waals surface area contributed by atoms with Gasteiger partial charge in [-0.2, -0.15) is 0 Å². The number of nitrogens with one attached hydrogen (secondary N) is 1. The molecule has 0 radical (unpaired) electrons. The maximum atomic E-state index is 13.4. The molecular formula is C24H17Br2NO4. The molecule has 1 N–H and O–H groups in total. The van der Waals surface area contributed by atoms with E-state index in [1.165, 1.54) is 7.11 Å². The summed E-state index contributed by atoms with van der Waals surface area (Å²) < 4.78 is 12.0. The van der Waals surface area contributed by atoms with Crippen LogP contribution in [0.1, 0.15) is 34.3 Å². The van der Waals surface area contributed by atoms with Gasteiger partial charge < -0.3 is 14.8 Å². The van der Waals surface area contributed by atoms with Gasteiger partial charge in [0.2, 0.25) is 0 Å². The molecule has 1 heterocycles. The van der Waals surface area contributed by atoms with Crippen molar-refractivity contribution in [2.75, 3.05) is 13.7 Å². The predicted molar refractivity (Wildman–Crippen MR) is 124 cm³/mol. The fraction of sp³-hybridized carbons (Fsp3) is 0.167. The second kappa shape index (κ2) is 8.37. The predicted octanol–water partition coefficient (Wildman–Crippen LogP) is 4.97. The first-order valence-electron chi connectivity index (χ1n) is 9.38. The molecular weight excluding hydrogens is 526 g/mol. The van der Waals surface area contributed by atoms with Crippen molar-refractivity contribution >= 4 is 49.3 Å². The number of rotatable bonds is 4. The molecule has 0 aromatic heterocycles. The monoisotopic (exact) mass is 541 g/mol. The zero-order chi connectivity index (χ0) is 22.3. The molecule has 0 fully saturated rings. The number of ketones is 1. The Labute approximate surface area is 196 Å². The van der Waals surface area contributed by atoms with E-state index < -0.39 is 11.9 Å². The smallest absolute Gasteiger partial charge is 0.336 e. The maximum absolute atomic E-state index is 13.4. The second-order valence-electron chi connectivity index (χ2n) is 7.06. The number of benzene rings is 2. The molecule has 31 heavy (non-hydrogen) atoms. The Morgan fingerprint density at radius 2 is 1.84 bits per heavy atom. The van der Waals surface area contributed by atoms with E-state index in [0.717, 1.165) is 16.8 Å². The van der Waals surface area contributed by atoms with Gasteiger partial charge in [0.1, 0.15) is 12.4 Å². The van der Waals surface area contributed by atoms with Crippen LogP contribution in [-0.2, 0) is 9.53 Å². The van der Waals surface area contributed by atoms with E-state index in [4.69, 9.17) is 15.9 Å². The Balaban J connectivity index is 1.92. The summed E-state index contributed by atoms with van der Waals surface area (Å²) in [6, 6.07) is 11.1. The topological polar surface area (TPSA) is 64.6 Å². The van der Waals surface area contributed by atoms with E-state index in [2.05, 4.69) is 43.1 Å². The highest BCUT2D eigenvalue weighted by molar-refractivity contribution is 9.11. The lowest BCUT2D eigenvalue weighted by molar-refractivity contribution is -0.136. The van der Waals surface area contributed by atoms with Gasteiger partial charge in [0.25, 0.3) is 0 Å². The van der Waals surface area contributed by atoms with Crippen molar-refractivity contribution in [3.8, 4) is 18.1 Å². The van der Waals surface area contributed by atoms with Gasteiger partial charge in [-0.05, 0) is 56.5 Å². The number of hydrogen-bond acceptors (Lipinski definition) is 5. The molecule has 0 saturated heterocycles. The molecule has 2 aromatic carbocycles. The number of fused-ring (bicyclic) bond motifs is 2. The summed E-state index contributed by atoms with van der Waals surface area (Å²) in [4.78, 5) is 26.2. The molecule has 1 atom stereocenters. The van der Waals surface area contributed by atoms with Gasteiger partial charge in [-0.25, -0.2) is 4.79 Å². The van der Waals surface area contributed by atoms with Crippen LogP contribution in [0.5, 0.6) is 5.75 Å². The molecule has 5 nitrogen and oxygen atoms in total. The normalized spacial score (nSPS) is 17.0. The summed E-state index contributed by atoms with van der Waals surface area (Å²) in [5, 5.41) is 3.27. The molecule has 1 aliphatic carbocycles. The Morgan fingerprint density at radius 3 is 2.45 bits per heavy atom. The van der Waals surface area contributed by atoms with Crippen molar-refractivity contribution in [2.45, 2.75) is 12.8 Å². The van der Waals surface area contributed by atoms with Crippen molar-refractivity contribution in [2.24, 2.45) is 0 Å². The van der Waals surface area contributed by atoms with Crippen molar-refractivity contribution in [3.63, 3.8) is 0 Å². The highest BCUT2D eigenvalue weighted by Gasteiger charge is 2.43. The van der Waals surface area contributed by atoms with Gasteiger partial charge in [0, 0.05) is 28.3 Å². The number of terminal acetylenes is 1. The van der Waals surface area contributed by atoms with Gasteiger partial charge in [-0.15, -0.1) is 6.42 Å². The van der Waals surface area contributed by atoms with Crippen LogP contribution in [-0.4, -0.2) is 25.5 Å². The van der Waals surface area contributed by atoms with E-state index in [-0.39, 0.29) is 12.4 Å². The number of halogens is 2. The third kappa shape index (κ3) is 3.50. The number of carbonyl (C=O) groups excluding carboxylic acids is 2. The molecule has 0 spiro atoms. The molecule has 0 bridgehead atoms. The third-order valence-corrected chi connectivity index (χ3v) is 6.49. The summed E-state index contributed by atoms with van der Waals surface area (Å²) in [6.45, 7) is 1.92. The second-order valence-corrected chi connectivity index (χ2v) is 8.77. The molecule has 0 saturated carbocycles. The first kappa shape index (κ1) is 21.4. The highest BCUT2D eigenvalue weighted by atomic mass is 79.9. The molecule has 0 amide bonds. The van der Waals surface area contributed by atoms with E-state index in [9.17, 15) is 9.59 Å². The summed E-state index contributed by atoms with van der Waals surface area (Å²) >= 11 is 7.06. The van der Waals surface area contributed by atoms with Crippen molar-refractivity contribution in [1.29, 1.82) is 0 Å². The average molecular weight is 543 g/mol. The molecule has 2 aliphatic rings. The summed E-state index contributed by atoms with van der Waals surface area (Å²) in [7, 11) is 1.33. The van der Waals surface area contributed by atoms with Crippen molar-refractivity contribution < 1.29 is 19.1 Å². The van der Waals surface area contributed by atoms with Gasteiger partial charge in [0.05, 0.1) is 27.3 Å². The molecule has 4 rings (SSSR count). The number of allylic oxidation sites excluding steroid dienone is 2. The zero-order valence-electron chi connectivity index (χ0n) is 16.7. The van der Waals surface area contributed by atoms with Gasteiger partial charge in [0.15, 0.2) is 5.78 Å². The zero-order valence-corrected chi connectivity index (χ0v) is 19.9. The van der Waals surface area contributed by atoms with Gasteiger partial charge in [-0.1, -0.05) is 30.2 Å². The highest BCUT2D eigenvalue weighted by Crippen LogP contribution is 2.48. The summed E-state index contributed by atoms with van der Waals surface area (Å²) in [5.74, 6) is 1.76. The average Bonchev–Trinajstić information content (AvgIpc) is 3.03. The number of hydrogen-bond donors (Lipinski definition) is 1. The van der Waals surface area contributed by atoms with E-state index in [0.29, 0.717) is 37.1 Å². The number of carbonyl (C=O) groups is 2. The van der Waals surface area contributed by atoms with Crippen molar-refractivity contribution in [1.82, 2.24) is 5.32 Å². The lowest BCUT2D eigenvalue weighted by Crippen LogP contribution is -2.29. The van der Waals surface area contributed by atoms with Crippen molar-refractivity contribution in [3.05, 3.63) is 78.9 Å². The molecule has 0 unspecified atom stereocenters. The summed E-state index contributed by atoms with van der Waals surface area (Å²) in [5.41, 5.74) is 4.43. The molecule has 156 valence electrons. The Bertz CT molecular complexity index is 1210. The quantitative estimate of drug-likeness (QED) is 0.437. The van der Waals surface area contributed by atoms with E-state index in [1.807, 2.05) is 37.3 Å². The minimum absolute atomic E-state index is 0.111. The van der Waals surface area contributed by atoms with Crippen LogP contribution < -0.4 is 10.1 Å². The number of Topliss-reactive ketones (excluding diaryl/α,β-unsaturated/α-hetero) is 1. The van der Waals surface area contributed by atoms with E-state index in [1.54, 1.807) is 6.07 Å². The Kier molecular flexibility index (Phi) is 5.78. The third-order valence-electron chi connectivity index (χ3n) is 5.31. The van der Waals surface area contributed by atoms with Crippen LogP contribution in [0.3, 0.4) is 0 Å². The number of dihydropyridines is 1. The first-order valence-corrected chi connectivity index (χ1v) is 11.0. The van der Waals surface area contributed by atoms with Gasteiger partial charge in [-0.3, -0.25) is 4.79 Å². The maximum Gasteiger partial charge on any atom is 0.336 e. The van der Waals surface area contributed by atoms with E-state index >= 15 is 0 Å². The molecule has 2 aromatic rings. The summed E-state index contributed by atoms with van der Waals surface area (Å²) in [6.07, 6.45) is 5.31. The van der Waals surface area contributed by atoms with Crippen LogP contribution in [0.25, 0.3) is 5.70 Å². The van der Waals surface area contributed by atoms with Gasteiger partial charge >= 0.3 is 5.97 Å². The minimum atomic E-state index is -0.613. The first-order chi connectivity index (χ1) is 14.9. The SMILES string of the molecule is C#CCOc1c(Br)cc([C@@H]2C(C(=O)OC)=C(C)NC3=C2C(=O)c2ccccc23)cc1Br. The fourth-order valence-electron chi connectivity index (χ4n) is 4.04. The Morgan fingerprint density at radius 1 is 1.19 bits per heavy atom. The Hall–Kier alpha value is -2.82.